The molecule has 2 aromatic rings. The highest BCUT2D eigenvalue weighted by Crippen LogP contribution is 2.35. The van der Waals surface area contributed by atoms with Crippen LogP contribution < -0.4 is 24.8 Å². The van der Waals surface area contributed by atoms with Crippen molar-refractivity contribution in [2.75, 3.05) is 27.9 Å². The average Bonchev–Trinajstić information content (AvgIpc) is 3.05. The van der Waals surface area contributed by atoms with Crippen LogP contribution in [0.3, 0.4) is 0 Å². The van der Waals surface area contributed by atoms with Gasteiger partial charge in [-0.1, -0.05) is 24.3 Å². The summed E-state index contributed by atoms with van der Waals surface area (Å²) in [6.07, 6.45) is 1.63. The average molecular weight is 453 g/mol. The topological polar surface area (TPSA) is 106 Å². The Bertz CT molecular complexity index is 1100. The van der Waals surface area contributed by atoms with E-state index in [9.17, 15) is 14.4 Å². The molecule has 9 nitrogen and oxygen atoms in total. The second kappa shape index (κ2) is 9.01. The van der Waals surface area contributed by atoms with Crippen molar-refractivity contribution in [2.24, 2.45) is 0 Å². The molecule has 1 atom stereocenters. The van der Waals surface area contributed by atoms with Crippen LogP contribution in [0.15, 0.2) is 36.4 Å². The van der Waals surface area contributed by atoms with Crippen molar-refractivity contribution in [3.63, 3.8) is 0 Å². The fourth-order valence-corrected chi connectivity index (χ4v) is 4.47. The third kappa shape index (κ3) is 4.18. The molecule has 2 N–H and O–H groups in total. The predicted octanol–water partition coefficient (Wildman–Crippen LogP) is 1.81. The van der Waals surface area contributed by atoms with Gasteiger partial charge < -0.3 is 24.8 Å². The van der Waals surface area contributed by atoms with E-state index >= 15 is 0 Å². The van der Waals surface area contributed by atoms with Gasteiger partial charge in [0, 0.05) is 24.6 Å². The minimum Gasteiger partial charge on any atom is -0.496 e. The molecule has 1 heterocycles. The number of hydrogen-bond acceptors (Lipinski definition) is 6. The summed E-state index contributed by atoms with van der Waals surface area (Å²) in [6, 6.07) is 10.7. The number of carbonyl (C=O) groups is 3. The molecule has 1 spiro atoms. The summed E-state index contributed by atoms with van der Waals surface area (Å²) in [7, 11) is 4.56. The van der Waals surface area contributed by atoms with Gasteiger partial charge in [0.15, 0.2) is 11.5 Å². The molecule has 9 heteroatoms. The van der Waals surface area contributed by atoms with Gasteiger partial charge in [-0.15, -0.1) is 0 Å². The van der Waals surface area contributed by atoms with Crippen LogP contribution in [0.1, 0.15) is 23.1 Å². The smallest absolute Gasteiger partial charge is 0.325 e. The fourth-order valence-electron chi connectivity index (χ4n) is 4.47. The van der Waals surface area contributed by atoms with Gasteiger partial charge in [0.2, 0.25) is 5.91 Å². The molecular formula is C24H27N3O6. The second-order valence-corrected chi connectivity index (χ2v) is 8.14. The third-order valence-electron chi connectivity index (χ3n) is 6.24. The highest BCUT2D eigenvalue weighted by atomic mass is 16.5. The van der Waals surface area contributed by atoms with E-state index in [-0.39, 0.29) is 19.0 Å². The normalized spacial score (nSPS) is 19.2. The van der Waals surface area contributed by atoms with Gasteiger partial charge in [-0.3, -0.25) is 14.5 Å². The molecule has 0 saturated carbocycles. The Kier molecular flexibility index (Phi) is 6.13. The molecule has 2 aromatic carbocycles. The minimum atomic E-state index is -0.988. The summed E-state index contributed by atoms with van der Waals surface area (Å²) in [5, 5.41) is 5.59. The van der Waals surface area contributed by atoms with Crippen molar-refractivity contribution in [3.05, 3.63) is 53.1 Å². The molecule has 33 heavy (non-hydrogen) atoms. The number of fused-ring (bicyclic) bond motifs is 1. The molecule has 1 saturated heterocycles. The number of ether oxygens (including phenoxy) is 3. The first-order chi connectivity index (χ1) is 15.9. The Balaban J connectivity index is 1.42. The van der Waals surface area contributed by atoms with E-state index in [0.29, 0.717) is 42.1 Å². The largest absolute Gasteiger partial charge is 0.496 e. The predicted molar refractivity (Wildman–Crippen MR) is 119 cm³/mol. The van der Waals surface area contributed by atoms with Crippen molar-refractivity contribution < 1.29 is 28.6 Å². The maximum Gasteiger partial charge on any atom is 0.325 e. The zero-order chi connectivity index (χ0) is 23.6. The van der Waals surface area contributed by atoms with Gasteiger partial charge in [0.25, 0.3) is 5.91 Å². The van der Waals surface area contributed by atoms with E-state index < -0.39 is 17.5 Å². The standard InChI is InChI=1S/C24H27N3O6/c1-31-18-11-20(33-3)19(32-2)10-17(18)13-25-21(28)14-27-22(29)24(26-23(27)30)9-8-15-6-4-5-7-16(15)12-24/h4-7,10-11H,8-9,12-14H2,1-3H3,(H,25,28)(H,26,30). The zero-order valence-corrected chi connectivity index (χ0v) is 18.9. The van der Waals surface area contributed by atoms with Gasteiger partial charge in [0.05, 0.1) is 21.3 Å². The lowest BCUT2D eigenvalue weighted by Crippen LogP contribution is -2.51. The van der Waals surface area contributed by atoms with Crippen LogP contribution in [-0.4, -0.2) is 56.2 Å². The number of nitrogens with one attached hydrogen (secondary N) is 2. The molecule has 1 aliphatic heterocycles. The summed E-state index contributed by atoms with van der Waals surface area (Å²) >= 11 is 0. The number of amides is 4. The molecule has 0 bridgehead atoms. The molecule has 4 amide bonds. The molecule has 2 aliphatic rings. The van der Waals surface area contributed by atoms with Crippen LogP contribution >= 0.6 is 0 Å². The van der Waals surface area contributed by atoms with Gasteiger partial charge in [-0.05, 0) is 30.0 Å². The summed E-state index contributed by atoms with van der Waals surface area (Å²) < 4.78 is 16.0. The number of rotatable bonds is 7. The molecular weight excluding hydrogens is 426 g/mol. The van der Waals surface area contributed by atoms with E-state index in [2.05, 4.69) is 10.6 Å². The first kappa shape index (κ1) is 22.4. The number of aryl methyl sites for hydroxylation is 1. The van der Waals surface area contributed by atoms with E-state index in [4.69, 9.17) is 14.2 Å². The summed E-state index contributed by atoms with van der Waals surface area (Å²) in [5.41, 5.74) is 1.91. The van der Waals surface area contributed by atoms with Crippen LogP contribution in [0.5, 0.6) is 17.2 Å². The Hall–Kier alpha value is -3.75. The Morgan fingerprint density at radius 3 is 2.39 bits per heavy atom. The minimum absolute atomic E-state index is 0.129. The van der Waals surface area contributed by atoms with Crippen LogP contribution in [0.25, 0.3) is 0 Å². The Morgan fingerprint density at radius 2 is 1.70 bits per heavy atom. The number of methoxy groups -OCH3 is 3. The summed E-state index contributed by atoms with van der Waals surface area (Å²) in [4.78, 5) is 39.4. The second-order valence-electron chi connectivity index (χ2n) is 8.14. The number of urea groups is 1. The van der Waals surface area contributed by atoms with Gasteiger partial charge in [-0.25, -0.2) is 4.79 Å². The van der Waals surface area contributed by atoms with Crippen molar-refractivity contribution in [2.45, 2.75) is 31.3 Å². The fraction of sp³-hybridized carbons (Fsp3) is 0.375. The number of benzene rings is 2. The molecule has 0 aromatic heterocycles. The zero-order valence-electron chi connectivity index (χ0n) is 18.9. The van der Waals surface area contributed by atoms with Crippen LogP contribution in [0, 0.1) is 0 Å². The van der Waals surface area contributed by atoms with Crippen molar-refractivity contribution >= 4 is 17.8 Å². The maximum atomic E-state index is 13.2. The Morgan fingerprint density at radius 1 is 1.03 bits per heavy atom. The number of hydrogen-bond donors (Lipinski definition) is 2. The number of nitrogens with zero attached hydrogens (tertiary/aromatic N) is 1. The molecule has 174 valence electrons. The quantitative estimate of drug-likeness (QED) is 0.620. The van der Waals surface area contributed by atoms with E-state index in [1.807, 2.05) is 24.3 Å². The van der Waals surface area contributed by atoms with Gasteiger partial charge in [0.1, 0.15) is 17.8 Å². The number of carbonyl (C=O) groups excluding carboxylic acids is 3. The molecule has 4 rings (SSSR count). The highest BCUT2D eigenvalue weighted by Gasteiger charge is 2.52. The summed E-state index contributed by atoms with van der Waals surface area (Å²) in [5.74, 6) is 0.700. The van der Waals surface area contributed by atoms with E-state index in [1.165, 1.54) is 26.9 Å². The lowest BCUT2D eigenvalue weighted by molar-refractivity contribution is -0.135. The molecule has 1 aliphatic carbocycles. The SMILES string of the molecule is COc1cc(OC)c(OC)cc1CNC(=O)CN1C(=O)NC2(CCc3ccccc3C2)C1=O. The van der Waals surface area contributed by atoms with Crippen molar-refractivity contribution in [3.8, 4) is 17.2 Å². The highest BCUT2D eigenvalue weighted by molar-refractivity contribution is 6.09. The third-order valence-corrected chi connectivity index (χ3v) is 6.24. The maximum absolute atomic E-state index is 13.2. The Labute approximate surface area is 192 Å². The van der Waals surface area contributed by atoms with Crippen LogP contribution in [0.2, 0.25) is 0 Å². The van der Waals surface area contributed by atoms with Crippen molar-refractivity contribution in [1.82, 2.24) is 15.5 Å². The van der Waals surface area contributed by atoms with Crippen LogP contribution in [0.4, 0.5) is 4.79 Å². The lowest BCUT2D eigenvalue weighted by Gasteiger charge is -2.32. The molecule has 0 radical (unpaired) electrons. The monoisotopic (exact) mass is 453 g/mol. The van der Waals surface area contributed by atoms with Crippen molar-refractivity contribution in [1.29, 1.82) is 0 Å². The molecule has 1 unspecified atom stereocenters. The molecule has 1 fully saturated rings. The van der Waals surface area contributed by atoms with E-state index in [1.54, 1.807) is 12.1 Å². The van der Waals surface area contributed by atoms with E-state index in [0.717, 1.165) is 10.5 Å². The van der Waals surface area contributed by atoms with Crippen LogP contribution in [-0.2, 0) is 29.0 Å². The first-order valence-corrected chi connectivity index (χ1v) is 10.7. The number of imide groups is 1. The first-order valence-electron chi connectivity index (χ1n) is 10.7. The summed E-state index contributed by atoms with van der Waals surface area (Å²) in [6.45, 7) is -0.228. The van der Waals surface area contributed by atoms with Gasteiger partial charge in [-0.2, -0.15) is 0 Å². The van der Waals surface area contributed by atoms with Gasteiger partial charge >= 0.3 is 6.03 Å². The lowest BCUT2D eigenvalue weighted by atomic mass is 9.78.